The molecule has 0 radical (unpaired) electrons. The lowest BCUT2D eigenvalue weighted by Crippen LogP contribution is -2.38. The van der Waals surface area contributed by atoms with Crippen LogP contribution in [0.5, 0.6) is 0 Å². The number of carbonyl (C=O) groups is 1. The van der Waals surface area contributed by atoms with Crippen LogP contribution in [0.15, 0.2) is 10.9 Å². The number of nitrogens with zero attached hydrogens (tertiary/aromatic N) is 2. The Labute approximate surface area is 87.2 Å². The molecule has 1 saturated carbocycles. The van der Waals surface area contributed by atoms with E-state index in [0.29, 0.717) is 12.4 Å². The first kappa shape index (κ1) is 10.1. The Morgan fingerprint density at radius 2 is 2.53 bits per heavy atom. The molecular weight excluding hydrogens is 196 g/mol. The van der Waals surface area contributed by atoms with Crippen molar-refractivity contribution in [2.75, 3.05) is 0 Å². The quantitative estimate of drug-likeness (QED) is 0.721. The second kappa shape index (κ2) is 4.39. The van der Waals surface area contributed by atoms with Crippen LogP contribution in [0.1, 0.15) is 25.1 Å². The first-order valence-corrected chi connectivity index (χ1v) is 5.06. The van der Waals surface area contributed by atoms with Gasteiger partial charge in [-0.3, -0.25) is 4.79 Å². The summed E-state index contributed by atoms with van der Waals surface area (Å²) >= 11 is 0. The van der Waals surface area contributed by atoms with Gasteiger partial charge in [0.1, 0.15) is 0 Å². The van der Waals surface area contributed by atoms with Crippen LogP contribution >= 0.6 is 0 Å². The number of rotatable bonds is 3. The largest absolute Gasteiger partial charge is 0.348 e. The Balaban J connectivity index is 1.82. The van der Waals surface area contributed by atoms with Gasteiger partial charge in [-0.05, 0) is 12.8 Å². The first-order valence-electron chi connectivity index (χ1n) is 5.06. The summed E-state index contributed by atoms with van der Waals surface area (Å²) in [5, 5.41) is 6.36. The van der Waals surface area contributed by atoms with E-state index in [1.165, 1.54) is 6.39 Å². The van der Waals surface area contributed by atoms with Crippen molar-refractivity contribution in [2.45, 2.75) is 31.8 Å². The minimum absolute atomic E-state index is 0.00438. The highest BCUT2D eigenvalue weighted by Gasteiger charge is 2.29. The molecule has 1 aromatic rings. The smallest absolute Gasteiger partial charge is 0.225 e. The molecule has 0 spiro atoms. The first-order chi connectivity index (χ1) is 7.27. The molecule has 2 atom stereocenters. The summed E-state index contributed by atoms with van der Waals surface area (Å²) in [6, 6.07) is -0.00438. The van der Waals surface area contributed by atoms with Gasteiger partial charge in [0.2, 0.25) is 12.3 Å². The highest BCUT2D eigenvalue weighted by atomic mass is 16.5. The fourth-order valence-corrected chi connectivity index (χ4v) is 1.88. The maximum Gasteiger partial charge on any atom is 0.225 e. The molecule has 2 rings (SSSR count). The highest BCUT2D eigenvalue weighted by Crippen LogP contribution is 2.23. The molecule has 6 nitrogen and oxygen atoms in total. The minimum atomic E-state index is -0.0584. The van der Waals surface area contributed by atoms with Crippen LogP contribution in [-0.4, -0.2) is 22.1 Å². The monoisotopic (exact) mass is 210 g/mol. The van der Waals surface area contributed by atoms with Crippen LogP contribution in [0.4, 0.5) is 0 Å². The third-order valence-corrected chi connectivity index (χ3v) is 2.73. The lowest BCUT2D eigenvalue weighted by atomic mass is 10.0. The number of nitrogens with two attached hydrogens (primary N) is 1. The van der Waals surface area contributed by atoms with Gasteiger partial charge in [-0.2, -0.15) is 4.98 Å². The van der Waals surface area contributed by atoms with Crippen molar-refractivity contribution in [2.24, 2.45) is 11.7 Å². The van der Waals surface area contributed by atoms with E-state index in [1.54, 1.807) is 0 Å². The van der Waals surface area contributed by atoms with Crippen LogP contribution in [0.3, 0.4) is 0 Å². The van der Waals surface area contributed by atoms with Crippen molar-refractivity contribution in [3.63, 3.8) is 0 Å². The third-order valence-electron chi connectivity index (χ3n) is 2.73. The van der Waals surface area contributed by atoms with Crippen molar-refractivity contribution in [3.05, 3.63) is 12.2 Å². The van der Waals surface area contributed by atoms with Crippen molar-refractivity contribution >= 4 is 5.91 Å². The van der Waals surface area contributed by atoms with Crippen molar-refractivity contribution in [1.82, 2.24) is 15.5 Å². The van der Waals surface area contributed by atoms with Gasteiger partial charge in [0.25, 0.3) is 0 Å². The maximum absolute atomic E-state index is 11.7. The fourth-order valence-electron chi connectivity index (χ4n) is 1.88. The molecule has 1 fully saturated rings. The number of nitrogens with one attached hydrogen (secondary N) is 1. The van der Waals surface area contributed by atoms with Gasteiger partial charge in [0.15, 0.2) is 5.82 Å². The van der Waals surface area contributed by atoms with E-state index in [9.17, 15) is 4.79 Å². The molecule has 82 valence electrons. The molecule has 3 N–H and O–H groups in total. The van der Waals surface area contributed by atoms with Crippen LogP contribution < -0.4 is 11.1 Å². The van der Waals surface area contributed by atoms with E-state index < -0.39 is 0 Å². The van der Waals surface area contributed by atoms with Crippen LogP contribution in [0.25, 0.3) is 0 Å². The Hall–Kier alpha value is -1.43. The molecule has 6 heteroatoms. The molecule has 15 heavy (non-hydrogen) atoms. The van der Waals surface area contributed by atoms with Gasteiger partial charge < -0.3 is 15.6 Å². The maximum atomic E-state index is 11.7. The Bertz CT molecular complexity index is 325. The van der Waals surface area contributed by atoms with Gasteiger partial charge in [-0.1, -0.05) is 11.6 Å². The number of hydrogen-bond acceptors (Lipinski definition) is 5. The molecule has 1 aromatic heterocycles. The topological polar surface area (TPSA) is 94.0 Å². The van der Waals surface area contributed by atoms with Crippen LogP contribution in [0.2, 0.25) is 0 Å². The zero-order chi connectivity index (χ0) is 10.7. The second-order valence-corrected chi connectivity index (χ2v) is 3.77. The standard InChI is InChI=1S/C9H14N4O2/c10-7-3-1-2-6(7)9(14)11-4-8-12-5-15-13-8/h5-7H,1-4,10H2,(H,11,14). The van der Waals surface area contributed by atoms with E-state index in [2.05, 4.69) is 20.0 Å². The fraction of sp³-hybridized carbons (Fsp3) is 0.667. The minimum Gasteiger partial charge on any atom is -0.348 e. The number of aromatic nitrogens is 2. The molecular formula is C9H14N4O2. The second-order valence-electron chi connectivity index (χ2n) is 3.77. The van der Waals surface area contributed by atoms with Gasteiger partial charge in [0.05, 0.1) is 12.5 Å². The van der Waals surface area contributed by atoms with Gasteiger partial charge in [-0.25, -0.2) is 0 Å². The lowest BCUT2D eigenvalue weighted by molar-refractivity contribution is -0.125. The molecule has 0 aromatic carbocycles. The predicted octanol–water partition coefficient (Wildman–Crippen LogP) is -0.187. The van der Waals surface area contributed by atoms with E-state index in [-0.39, 0.29) is 17.9 Å². The van der Waals surface area contributed by atoms with Crippen molar-refractivity contribution in [3.8, 4) is 0 Å². The molecule has 0 aliphatic heterocycles. The SMILES string of the molecule is NC1CCCC1C(=O)NCc1ncon1. The average Bonchev–Trinajstić information content (AvgIpc) is 2.84. The van der Waals surface area contributed by atoms with Gasteiger partial charge in [0, 0.05) is 6.04 Å². The van der Waals surface area contributed by atoms with Crippen molar-refractivity contribution in [1.29, 1.82) is 0 Å². The number of carbonyl (C=O) groups excluding carboxylic acids is 1. The summed E-state index contributed by atoms with van der Waals surface area (Å²) in [6.07, 6.45) is 4.07. The van der Waals surface area contributed by atoms with Gasteiger partial charge >= 0.3 is 0 Å². The molecule has 0 bridgehead atoms. The number of hydrogen-bond donors (Lipinski definition) is 2. The normalized spacial score (nSPS) is 25.4. The Morgan fingerprint density at radius 3 is 3.13 bits per heavy atom. The predicted molar refractivity (Wildman–Crippen MR) is 51.5 cm³/mol. The molecule has 1 aliphatic carbocycles. The molecule has 1 heterocycles. The van der Waals surface area contributed by atoms with E-state index in [1.807, 2.05) is 0 Å². The van der Waals surface area contributed by atoms with E-state index in [4.69, 9.17) is 5.73 Å². The van der Waals surface area contributed by atoms with Crippen LogP contribution in [0, 0.1) is 5.92 Å². The third kappa shape index (κ3) is 2.33. The molecule has 2 unspecified atom stereocenters. The summed E-state index contributed by atoms with van der Waals surface area (Å²) in [5.74, 6) is 0.414. The Morgan fingerprint density at radius 1 is 1.67 bits per heavy atom. The van der Waals surface area contributed by atoms with Crippen LogP contribution in [-0.2, 0) is 11.3 Å². The molecule has 0 saturated heterocycles. The van der Waals surface area contributed by atoms with Gasteiger partial charge in [-0.15, -0.1) is 0 Å². The van der Waals surface area contributed by atoms with E-state index >= 15 is 0 Å². The highest BCUT2D eigenvalue weighted by molar-refractivity contribution is 5.79. The lowest BCUT2D eigenvalue weighted by Gasteiger charge is -2.13. The molecule has 1 amide bonds. The summed E-state index contributed by atoms with van der Waals surface area (Å²) in [6.45, 7) is 0.304. The average molecular weight is 210 g/mol. The van der Waals surface area contributed by atoms with E-state index in [0.717, 1.165) is 19.3 Å². The zero-order valence-electron chi connectivity index (χ0n) is 8.35. The summed E-state index contributed by atoms with van der Waals surface area (Å²) in [4.78, 5) is 15.5. The number of amides is 1. The zero-order valence-corrected chi connectivity index (χ0v) is 8.35. The summed E-state index contributed by atoms with van der Waals surface area (Å²) in [5.41, 5.74) is 5.82. The van der Waals surface area contributed by atoms with Crippen molar-refractivity contribution < 1.29 is 9.32 Å². The molecule has 1 aliphatic rings. The Kier molecular flexibility index (Phi) is 2.96. The summed E-state index contributed by atoms with van der Waals surface area (Å²) in [7, 11) is 0. The summed E-state index contributed by atoms with van der Waals surface area (Å²) < 4.78 is 4.56.